The predicted octanol–water partition coefficient (Wildman–Crippen LogP) is 8.12. The zero-order chi connectivity index (χ0) is 18.9. The molecule has 0 aromatic heterocycles. The van der Waals surface area contributed by atoms with Crippen LogP contribution in [0.4, 0.5) is 0 Å². The van der Waals surface area contributed by atoms with Crippen LogP contribution in [0.5, 0.6) is 0 Å². The Bertz CT molecular complexity index is 739. The average molecular weight is 384 g/mol. The Kier molecular flexibility index (Phi) is 6.26. The van der Waals surface area contributed by atoms with Gasteiger partial charge < -0.3 is 0 Å². The SMILES string of the molecule is CC(C)(C)P1Cc2ccccc2[C@@H]1C1PCc2ccccc21.CC(C)C. The lowest BCUT2D eigenvalue weighted by atomic mass is 9.98. The van der Waals surface area contributed by atoms with Crippen LogP contribution in [-0.4, -0.2) is 5.16 Å². The van der Waals surface area contributed by atoms with Gasteiger partial charge in [0.1, 0.15) is 0 Å². The summed E-state index contributed by atoms with van der Waals surface area (Å²) in [5, 5.41) is 0.432. The topological polar surface area (TPSA) is 0 Å². The van der Waals surface area contributed by atoms with Gasteiger partial charge >= 0.3 is 0 Å². The number of benzene rings is 2. The molecule has 0 amide bonds. The van der Waals surface area contributed by atoms with E-state index in [-0.39, 0.29) is 7.92 Å². The fourth-order valence-corrected chi connectivity index (χ4v) is 9.83. The van der Waals surface area contributed by atoms with Gasteiger partial charge in [-0.3, -0.25) is 0 Å². The van der Waals surface area contributed by atoms with E-state index in [9.17, 15) is 0 Å². The van der Waals surface area contributed by atoms with Crippen LogP contribution in [0.25, 0.3) is 0 Å². The lowest BCUT2D eigenvalue weighted by Crippen LogP contribution is -2.16. The minimum Gasteiger partial charge on any atom is -0.109 e. The van der Waals surface area contributed by atoms with Crippen LogP contribution < -0.4 is 0 Å². The third-order valence-corrected chi connectivity index (χ3v) is 10.7. The third-order valence-electron chi connectivity index (χ3n) is 5.13. The summed E-state index contributed by atoms with van der Waals surface area (Å²) in [4.78, 5) is 0. The molecule has 4 rings (SSSR count). The van der Waals surface area contributed by atoms with Crippen molar-refractivity contribution in [2.24, 2.45) is 5.92 Å². The molecule has 0 spiro atoms. The Morgan fingerprint density at radius 2 is 1.42 bits per heavy atom. The first-order chi connectivity index (χ1) is 12.3. The zero-order valence-electron chi connectivity index (χ0n) is 17.2. The minimum absolute atomic E-state index is 0.00498. The van der Waals surface area contributed by atoms with Crippen molar-refractivity contribution in [1.82, 2.24) is 0 Å². The van der Waals surface area contributed by atoms with E-state index < -0.39 is 0 Å². The summed E-state index contributed by atoms with van der Waals surface area (Å²) in [6.45, 7) is 13.9. The first-order valence-electron chi connectivity index (χ1n) is 9.94. The van der Waals surface area contributed by atoms with Gasteiger partial charge in [-0.2, -0.15) is 0 Å². The highest BCUT2D eigenvalue weighted by Crippen LogP contribution is 2.74. The molecule has 2 aliphatic rings. The van der Waals surface area contributed by atoms with Crippen molar-refractivity contribution in [3.8, 4) is 0 Å². The molecule has 2 aliphatic heterocycles. The number of hydrogen-bond donors (Lipinski definition) is 0. The van der Waals surface area contributed by atoms with E-state index in [2.05, 4.69) is 90.1 Å². The molecule has 26 heavy (non-hydrogen) atoms. The van der Waals surface area contributed by atoms with Crippen molar-refractivity contribution < 1.29 is 0 Å². The van der Waals surface area contributed by atoms with Crippen LogP contribution >= 0.6 is 16.5 Å². The Labute approximate surface area is 163 Å². The maximum atomic E-state index is 2.46. The Hall–Kier alpha value is -0.700. The standard InChI is InChI=1S/C20H24P2.C4H10/c1-20(2,3)22-13-15-9-5-7-11-17(15)19(22)18-16-10-6-4-8-14(16)12-21-18;1-4(2)3/h4-11,18-19,21H,12-13H2,1-3H3;4H,1-3H3/t18?,19-,22?;/m1./s1. The predicted molar refractivity (Wildman–Crippen MR) is 121 cm³/mol. The number of hydrogen-bond acceptors (Lipinski definition) is 0. The molecule has 2 aromatic rings. The van der Waals surface area contributed by atoms with Gasteiger partial charge in [0.15, 0.2) is 0 Å². The van der Waals surface area contributed by atoms with E-state index in [1.165, 1.54) is 12.3 Å². The summed E-state index contributed by atoms with van der Waals surface area (Å²) in [6.07, 6.45) is 2.62. The quantitative estimate of drug-likeness (QED) is 0.436. The van der Waals surface area contributed by atoms with Crippen LogP contribution in [0.15, 0.2) is 48.5 Å². The van der Waals surface area contributed by atoms with Gasteiger partial charge in [0.25, 0.3) is 0 Å². The normalized spacial score (nSPS) is 25.0. The molecule has 2 heteroatoms. The van der Waals surface area contributed by atoms with Crippen molar-refractivity contribution in [2.75, 3.05) is 0 Å². The molecule has 2 aromatic carbocycles. The van der Waals surface area contributed by atoms with E-state index >= 15 is 0 Å². The summed E-state index contributed by atoms with van der Waals surface area (Å²) in [5.74, 6) is 0.833. The van der Waals surface area contributed by atoms with Crippen LogP contribution in [0.1, 0.15) is 75.1 Å². The van der Waals surface area contributed by atoms with Crippen molar-refractivity contribution in [3.05, 3.63) is 70.8 Å². The van der Waals surface area contributed by atoms with Crippen molar-refractivity contribution >= 4 is 16.5 Å². The summed E-state index contributed by atoms with van der Waals surface area (Å²) < 4.78 is 0. The molecule has 4 atom stereocenters. The van der Waals surface area contributed by atoms with Gasteiger partial charge in [-0.15, -0.1) is 8.58 Å². The first kappa shape index (κ1) is 20.0. The highest BCUT2D eigenvalue weighted by molar-refractivity contribution is 7.60. The van der Waals surface area contributed by atoms with Crippen LogP contribution in [0.3, 0.4) is 0 Å². The van der Waals surface area contributed by atoms with Crippen molar-refractivity contribution in [2.45, 2.75) is 70.3 Å². The van der Waals surface area contributed by atoms with Crippen LogP contribution in [0.2, 0.25) is 0 Å². The lowest BCUT2D eigenvalue weighted by molar-refractivity contribution is 0.737. The maximum Gasteiger partial charge on any atom is 0.0158 e. The fraction of sp³-hybridized carbons (Fsp3) is 0.500. The molecule has 140 valence electrons. The molecular formula is C24H34P2. The molecule has 0 N–H and O–H groups in total. The van der Waals surface area contributed by atoms with Crippen LogP contribution in [-0.2, 0) is 12.3 Å². The van der Waals surface area contributed by atoms with E-state index in [0.717, 1.165) is 25.8 Å². The Morgan fingerprint density at radius 3 is 2.04 bits per heavy atom. The third kappa shape index (κ3) is 4.24. The second-order valence-corrected chi connectivity index (χ2v) is 13.8. The highest BCUT2D eigenvalue weighted by atomic mass is 31.1. The van der Waals surface area contributed by atoms with E-state index in [1.54, 1.807) is 22.3 Å². The highest BCUT2D eigenvalue weighted by Gasteiger charge is 2.44. The van der Waals surface area contributed by atoms with Gasteiger partial charge in [0.2, 0.25) is 0 Å². The first-order valence-corrected chi connectivity index (χ1v) is 12.8. The minimum atomic E-state index is -0.00498. The molecular weight excluding hydrogens is 350 g/mol. The van der Waals surface area contributed by atoms with E-state index in [4.69, 9.17) is 0 Å². The number of rotatable bonds is 1. The average Bonchev–Trinajstić information content (AvgIpc) is 3.14. The van der Waals surface area contributed by atoms with Gasteiger partial charge in [-0.1, -0.05) is 98.0 Å². The summed E-state index contributed by atoms with van der Waals surface area (Å²) >= 11 is 0. The molecule has 0 fully saturated rings. The van der Waals surface area contributed by atoms with Crippen LogP contribution in [0, 0.1) is 5.92 Å². The second kappa shape index (κ2) is 8.12. The molecule has 0 aliphatic carbocycles. The van der Waals surface area contributed by atoms with Crippen molar-refractivity contribution in [3.63, 3.8) is 0 Å². The largest absolute Gasteiger partial charge is 0.109 e. The monoisotopic (exact) mass is 384 g/mol. The molecule has 0 saturated carbocycles. The van der Waals surface area contributed by atoms with E-state index in [0.29, 0.717) is 5.16 Å². The molecule has 0 saturated heterocycles. The summed E-state index contributed by atoms with van der Waals surface area (Å²) in [7, 11) is 1.06. The Balaban J connectivity index is 0.000000447. The molecule has 3 unspecified atom stereocenters. The van der Waals surface area contributed by atoms with Crippen molar-refractivity contribution in [1.29, 1.82) is 0 Å². The van der Waals surface area contributed by atoms with E-state index in [1.807, 2.05) is 0 Å². The lowest BCUT2D eigenvalue weighted by Gasteiger charge is -2.36. The van der Waals surface area contributed by atoms with Gasteiger partial charge in [-0.25, -0.2) is 0 Å². The molecule has 0 radical (unpaired) electrons. The smallest absolute Gasteiger partial charge is 0.0158 e. The zero-order valence-corrected chi connectivity index (χ0v) is 19.1. The fourth-order valence-electron chi connectivity index (χ4n) is 4.04. The molecule has 0 bridgehead atoms. The Morgan fingerprint density at radius 1 is 0.885 bits per heavy atom. The summed E-state index contributed by atoms with van der Waals surface area (Å²) in [5.41, 5.74) is 8.09. The molecule has 2 heterocycles. The van der Waals surface area contributed by atoms with Gasteiger partial charge in [0, 0.05) is 11.3 Å². The molecule has 0 nitrogen and oxygen atoms in total. The maximum absolute atomic E-state index is 2.46. The van der Waals surface area contributed by atoms with Gasteiger partial charge in [0.05, 0.1) is 0 Å². The number of fused-ring (bicyclic) bond motifs is 2. The second-order valence-electron chi connectivity index (χ2n) is 9.23. The van der Waals surface area contributed by atoms with Gasteiger partial charge in [-0.05, 0) is 45.7 Å². The summed E-state index contributed by atoms with van der Waals surface area (Å²) in [6, 6.07) is 18.5.